The third-order valence-electron chi connectivity index (χ3n) is 4.09. The summed E-state index contributed by atoms with van der Waals surface area (Å²) in [5.41, 5.74) is 2.23. The minimum absolute atomic E-state index is 0.0783. The molecule has 0 atom stereocenters. The van der Waals surface area contributed by atoms with Crippen molar-refractivity contribution in [1.29, 1.82) is 0 Å². The molecule has 0 spiro atoms. The number of hydrogen-bond acceptors (Lipinski definition) is 2. The summed E-state index contributed by atoms with van der Waals surface area (Å²) in [4.78, 5) is 25.1. The van der Waals surface area contributed by atoms with Gasteiger partial charge in [-0.2, -0.15) is 0 Å². The van der Waals surface area contributed by atoms with E-state index in [-0.39, 0.29) is 11.8 Å². The van der Waals surface area contributed by atoms with Gasteiger partial charge in [0.15, 0.2) is 0 Å². The maximum Gasteiger partial charge on any atom is 0.224 e. The minimum Gasteiger partial charge on any atom is -0.356 e. The molecular formula is C17H24N2O2. The van der Waals surface area contributed by atoms with E-state index in [1.807, 2.05) is 36.1 Å². The highest BCUT2D eigenvalue weighted by Crippen LogP contribution is 2.16. The van der Waals surface area contributed by atoms with Crippen molar-refractivity contribution in [3.63, 3.8) is 0 Å². The molecule has 1 aromatic carbocycles. The van der Waals surface area contributed by atoms with Gasteiger partial charge in [-0.25, -0.2) is 0 Å². The van der Waals surface area contributed by atoms with Gasteiger partial charge in [0.25, 0.3) is 0 Å². The number of benzene rings is 1. The van der Waals surface area contributed by atoms with Crippen molar-refractivity contribution in [2.45, 2.75) is 33.1 Å². The standard InChI is InChI=1S/C17H24N2O2/c1-13-4-3-5-16(10-13)11-17(21)18-12-15-6-8-19(9-7-15)14(2)20/h3-5,10,15H,6-9,11-12H2,1-2H3,(H,18,21). The lowest BCUT2D eigenvalue weighted by atomic mass is 9.96. The first-order valence-electron chi connectivity index (χ1n) is 7.62. The number of aryl methyl sites for hydroxylation is 1. The van der Waals surface area contributed by atoms with Gasteiger partial charge >= 0.3 is 0 Å². The van der Waals surface area contributed by atoms with Crippen molar-refractivity contribution < 1.29 is 9.59 Å². The fourth-order valence-corrected chi connectivity index (χ4v) is 2.78. The molecule has 0 saturated carbocycles. The molecule has 1 fully saturated rings. The van der Waals surface area contributed by atoms with E-state index >= 15 is 0 Å². The molecule has 1 aliphatic heterocycles. The average Bonchev–Trinajstić information content (AvgIpc) is 2.45. The molecule has 21 heavy (non-hydrogen) atoms. The van der Waals surface area contributed by atoms with Gasteiger partial charge in [0, 0.05) is 26.6 Å². The van der Waals surface area contributed by atoms with Crippen molar-refractivity contribution >= 4 is 11.8 Å². The van der Waals surface area contributed by atoms with Crippen LogP contribution in [0.15, 0.2) is 24.3 Å². The second-order valence-corrected chi connectivity index (χ2v) is 5.92. The zero-order valence-corrected chi connectivity index (χ0v) is 12.9. The second kappa shape index (κ2) is 7.25. The molecule has 0 radical (unpaired) electrons. The van der Waals surface area contributed by atoms with Crippen molar-refractivity contribution in [2.75, 3.05) is 19.6 Å². The lowest BCUT2D eigenvalue weighted by Crippen LogP contribution is -2.40. The lowest BCUT2D eigenvalue weighted by molar-refractivity contribution is -0.130. The summed E-state index contributed by atoms with van der Waals surface area (Å²) in [6, 6.07) is 8.04. The fraction of sp³-hybridized carbons (Fsp3) is 0.529. The van der Waals surface area contributed by atoms with E-state index in [1.165, 1.54) is 5.56 Å². The summed E-state index contributed by atoms with van der Waals surface area (Å²) in [6.45, 7) is 5.99. The third kappa shape index (κ3) is 4.88. The molecule has 114 valence electrons. The topological polar surface area (TPSA) is 49.4 Å². The van der Waals surface area contributed by atoms with Crippen LogP contribution in [0.3, 0.4) is 0 Å². The monoisotopic (exact) mass is 288 g/mol. The molecule has 1 aliphatic rings. The molecule has 0 aromatic heterocycles. The number of piperidine rings is 1. The molecule has 0 unspecified atom stereocenters. The number of carbonyl (C=O) groups excluding carboxylic acids is 2. The predicted octanol–water partition coefficient (Wildman–Crippen LogP) is 1.91. The Morgan fingerprint density at radius 2 is 2.00 bits per heavy atom. The first kappa shape index (κ1) is 15.5. The summed E-state index contributed by atoms with van der Waals surface area (Å²) >= 11 is 0. The number of carbonyl (C=O) groups is 2. The molecule has 1 heterocycles. The summed E-state index contributed by atoms with van der Waals surface area (Å²) in [7, 11) is 0. The number of nitrogens with zero attached hydrogens (tertiary/aromatic N) is 1. The Kier molecular flexibility index (Phi) is 5.37. The van der Waals surface area contributed by atoms with Gasteiger partial charge in [0.1, 0.15) is 0 Å². The van der Waals surface area contributed by atoms with Crippen LogP contribution in [0.4, 0.5) is 0 Å². The van der Waals surface area contributed by atoms with E-state index in [4.69, 9.17) is 0 Å². The van der Waals surface area contributed by atoms with Crippen molar-refractivity contribution in [2.24, 2.45) is 5.92 Å². The predicted molar refractivity (Wildman–Crippen MR) is 82.9 cm³/mol. The molecular weight excluding hydrogens is 264 g/mol. The van der Waals surface area contributed by atoms with Gasteiger partial charge in [0.05, 0.1) is 6.42 Å². The van der Waals surface area contributed by atoms with E-state index in [1.54, 1.807) is 6.92 Å². The van der Waals surface area contributed by atoms with Gasteiger partial charge in [-0.15, -0.1) is 0 Å². The highest BCUT2D eigenvalue weighted by molar-refractivity contribution is 5.78. The molecule has 0 bridgehead atoms. The lowest BCUT2D eigenvalue weighted by Gasteiger charge is -2.31. The summed E-state index contributed by atoms with van der Waals surface area (Å²) in [6.07, 6.45) is 2.39. The Morgan fingerprint density at radius 1 is 1.29 bits per heavy atom. The normalized spacial score (nSPS) is 15.8. The molecule has 2 amide bonds. The van der Waals surface area contributed by atoms with Crippen LogP contribution in [0.5, 0.6) is 0 Å². The number of hydrogen-bond donors (Lipinski definition) is 1. The molecule has 1 N–H and O–H groups in total. The Balaban J connectivity index is 1.71. The highest BCUT2D eigenvalue weighted by atomic mass is 16.2. The van der Waals surface area contributed by atoms with Crippen LogP contribution in [0.25, 0.3) is 0 Å². The van der Waals surface area contributed by atoms with Crippen molar-refractivity contribution in [3.8, 4) is 0 Å². The largest absolute Gasteiger partial charge is 0.356 e. The minimum atomic E-state index is 0.0783. The molecule has 4 nitrogen and oxygen atoms in total. The van der Waals surface area contributed by atoms with Gasteiger partial charge in [0.2, 0.25) is 11.8 Å². The number of amides is 2. The second-order valence-electron chi connectivity index (χ2n) is 5.92. The van der Waals surface area contributed by atoms with Gasteiger partial charge in [-0.3, -0.25) is 9.59 Å². The number of rotatable bonds is 4. The number of likely N-dealkylation sites (tertiary alicyclic amines) is 1. The maximum absolute atomic E-state index is 12.0. The van der Waals surface area contributed by atoms with E-state index < -0.39 is 0 Å². The van der Waals surface area contributed by atoms with Crippen molar-refractivity contribution in [1.82, 2.24) is 10.2 Å². The average molecular weight is 288 g/mol. The Hall–Kier alpha value is -1.84. The molecule has 0 aliphatic carbocycles. The first-order chi connectivity index (χ1) is 10.0. The zero-order chi connectivity index (χ0) is 15.2. The van der Waals surface area contributed by atoms with Crippen LogP contribution < -0.4 is 5.32 Å². The van der Waals surface area contributed by atoms with Gasteiger partial charge in [-0.05, 0) is 31.2 Å². The smallest absolute Gasteiger partial charge is 0.224 e. The van der Waals surface area contributed by atoms with Crippen LogP contribution in [-0.4, -0.2) is 36.3 Å². The number of nitrogens with one attached hydrogen (secondary N) is 1. The van der Waals surface area contributed by atoms with E-state index in [0.29, 0.717) is 12.3 Å². The van der Waals surface area contributed by atoms with E-state index in [9.17, 15) is 9.59 Å². The Bertz CT molecular complexity index is 505. The summed E-state index contributed by atoms with van der Waals surface area (Å²) in [5.74, 6) is 0.716. The quantitative estimate of drug-likeness (QED) is 0.920. The Morgan fingerprint density at radius 3 is 2.62 bits per heavy atom. The first-order valence-corrected chi connectivity index (χ1v) is 7.62. The molecule has 1 saturated heterocycles. The van der Waals surface area contributed by atoms with Crippen LogP contribution in [0.1, 0.15) is 30.9 Å². The van der Waals surface area contributed by atoms with Gasteiger partial charge in [-0.1, -0.05) is 29.8 Å². The van der Waals surface area contributed by atoms with Crippen LogP contribution in [0, 0.1) is 12.8 Å². The van der Waals surface area contributed by atoms with Crippen LogP contribution >= 0.6 is 0 Å². The maximum atomic E-state index is 12.0. The van der Waals surface area contributed by atoms with Crippen LogP contribution in [-0.2, 0) is 16.0 Å². The molecule has 2 rings (SSSR count). The van der Waals surface area contributed by atoms with E-state index in [2.05, 4.69) is 5.32 Å². The zero-order valence-electron chi connectivity index (χ0n) is 12.9. The summed E-state index contributed by atoms with van der Waals surface area (Å²) in [5, 5.41) is 3.02. The highest BCUT2D eigenvalue weighted by Gasteiger charge is 2.20. The SMILES string of the molecule is CC(=O)N1CCC(CNC(=O)Cc2cccc(C)c2)CC1. The fourth-order valence-electron chi connectivity index (χ4n) is 2.78. The Labute approximate surface area is 126 Å². The van der Waals surface area contributed by atoms with E-state index in [0.717, 1.165) is 38.0 Å². The van der Waals surface area contributed by atoms with Crippen LogP contribution in [0.2, 0.25) is 0 Å². The van der Waals surface area contributed by atoms with Gasteiger partial charge < -0.3 is 10.2 Å². The summed E-state index contributed by atoms with van der Waals surface area (Å²) < 4.78 is 0. The third-order valence-corrected chi connectivity index (χ3v) is 4.09. The molecule has 4 heteroatoms. The molecule has 1 aromatic rings. The van der Waals surface area contributed by atoms with Crippen molar-refractivity contribution in [3.05, 3.63) is 35.4 Å².